The van der Waals surface area contributed by atoms with Crippen molar-refractivity contribution in [2.75, 3.05) is 47.7 Å². The van der Waals surface area contributed by atoms with Crippen LogP contribution in [0.25, 0.3) is 0 Å². The molecule has 0 aliphatic carbocycles. The fraction of sp³-hybridized carbons (Fsp3) is 0.625. The molecular formula is C16H27NO4. The van der Waals surface area contributed by atoms with E-state index in [0.717, 1.165) is 30.0 Å². The molecule has 0 radical (unpaired) electrons. The second kappa shape index (κ2) is 10.4. The van der Waals surface area contributed by atoms with Gasteiger partial charge in [-0.15, -0.1) is 0 Å². The molecule has 0 saturated heterocycles. The summed E-state index contributed by atoms with van der Waals surface area (Å²) in [7, 11) is 5.03. The maximum Gasteiger partial charge on any atom is 0.127 e. The number of benzene rings is 1. The molecule has 0 bridgehead atoms. The van der Waals surface area contributed by atoms with E-state index in [-0.39, 0.29) is 6.04 Å². The molecule has 21 heavy (non-hydrogen) atoms. The van der Waals surface area contributed by atoms with Crippen molar-refractivity contribution < 1.29 is 18.9 Å². The molecule has 1 rings (SSSR count). The Morgan fingerprint density at radius 3 is 2.19 bits per heavy atom. The Labute approximate surface area is 127 Å². The standard InChI is InChI=1S/C16H27NO4/c1-5-17-13(9-10-21-12-11-18-2)16-14(19-3)7-6-8-15(16)20-4/h6-8,13,17H,5,9-12H2,1-4H3. The van der Waals surface area contributed by atoms with Crippen molar-refractivity contribution in [3.8, 4) is 11.5 Å². The topological polar surface area (TPSA) is 49.0 Å². The second-order valence-electron chi connectivity index (χ2n) is 4.58. The predicted molar refractivity (Wildman–Crippen MR) is 83.3 cm³/mol. The zero-order chi connectivity index (χ0) is 15.5. The van der Waals surface area contributed by atoms with Crippen LogP contribution in [0.4, 0.5) is 0 Å². The van der Waals surface area contributed by atoms with Gasteiger partial charge in [-0.05, 0) is 25.1 Å². The van der Waals surface area contributed by atoms with Crippen molar-refractivity contribution in [2.24, 2.45) is 0 Å². The smallest absolute Gasteiger partial charge is 0.127 e. The first-order valence-corrected chi connectivity index (χ1v) is 7.29. The van der Waals surface area contributed by atoms with Crippen LogP contribution in [0.3, 0.4) is 0 Å². The molecule has 1 aromatic rings. The van der Waals surface area contributed by atoms with Gasteiger partial charge in [0.1, 0.15) is 11.5 Å². The van der Waals surface area contributed by atoms with E-state index in [9.17, 15) is 0 Å². The van der Waals surface area contributed by atoms with Gasteiger partial charge in [0.2, 0.25) is 0 Å². The minimum absolute atomic E-state index is 0.128. The van der Waals surface area contributed by atoms with Crippen molar-refractivity contribution in [3.63, 3.8) is 0 Å². The Kier molecular flexibility index (Phi) is 8.82. The Morgan fingerprint density at radius 1 is 1.00 bits per heavy atom. The molecule has 1 atom stereocenters. The average molecular weight is 297 g/mol. The minimum Gasteiger partial charge on any atom is -0.496 e. The van der Waals surface area contributed by atoms with Crippen LogP contribution in [-0.2, 0) is 9.47 Å². The number of ether oxygens (including phenoxy) is 4. The summed E-state index contributed by atoms with van der Waals surface area (Å²) in [5, 5.41) is 3.47. The summed E-state index contributed by atoms with van der Waals surface area (Å²) in [5.41, 5.74) is 1.04. The minimum atomic E-state index is 0.128. The number of nitrogens with one attached hydrogen (secondary N) is 1. The number of hydrogen-bond acceptors (Lipinski definition) is 5. The van der Waals surface area contributed by atoms with Gasteiger partial charge in [-0.1, -0.05) is 13.0 Å². The normalized spacial score (nSPS) is 12.2. The third kappa shape index (κ3) is 5.53. The largest absolute Gasteiger partial charge is 0.496 e. The zero-order valence-electron chi connectivity index (χ0n) is 13.5. The second-order valence-corrected chi connectivity index (χ2v) is 4.58. The van der Waals surface area contributed by atoms with Crippen LogP contribution in [0.15, 0.2) is 18.2 Å². The first kappa shape index (κ1) is 17.8. The Morgan fingerprint density at radius 2 is 1.67 bits per heavy atom. The lowest BCUT2D eigenvalue weighted by atomic mass is 10.0. The number of methoxy groups -OCH3 is 3. The lowest BCUT2D eigenvalue weighted by molar-refractivity contribution is 0.0656. The van der Waals surface area contributed by atoms with Crippen LogP contribution < -0.4 is 14.8 Å². The summed E-state index contributed by atoms with van der Waals surface area (Å²) in [5.74, 6) is 1.66. The quantitative estimate of drug-likeness (QED) is 0.636. The molecule has 0 amide bonds. The van der Waals surface area contributed by atoms with E-state index in [2.05, 4.69) is 12.2 Å². The highest BCUT2D eigenvalue weighted by Gasteiger charge is 2.20. The van der Waals surface area contributed by atoms with Crippen LogP contribution in [0, 0.1) is 0 Å². The molecule has 1 unspecified atom stereocenters. The molecule has 1 N–H and O–H groups in total. The van der Waals surface area contributed by atoms with Crippen LogP contribution in [0.1, 0.15) is 24.9 Å². The summed E-state index contributed by atoms with van der Waals surface area (Å²) in [6, 6.07) is 5.96. The first-order chi connectivity index (χ1) is 10.3. The molecule has 5 nitrogen and oxygen atoms in total. The molecule has 0 aliphatic rings. The van der Waals surface area contributed by atoms with Crippen LogP contribution in [-0.4, -0.2) is 47.7 Å². The SMILES string of the molecule is CCNC(CCOCCOC)c1c(OC)cccc1OC. The van der Waals surface area contributed by atoms with Gasteiger partial charge in [0, 0.05) is 19.8 Å². The summed E-state index contributed by atoms with van der Waals surface area (Å²) >= 11 is 0. The predicted octanol–water partition coefficient (Wildman–Crippen LogP) is 2.41. The lowest BCUT2D eigenvalue weighted by Gasteiger charge is -2.23. The van der Waals surface area contributed by atoms with E-state index in [1.807, 2.05) is 18.2 Å². The van der Waals surface area contributed by atoms with Crippen molar-refractivity contribution >= 4 is 0 Å². The molecule has 0 aromatic heterocycles. The van der Waals surface area contributed by atoms with Crippen molar-refractivity contribution in [3.05, 3.63) is 23.8 Å². The van der Waals surface area contributed by atoms with E-state index in [1.54, 1.807) is 21.3 Å². The third-order valence-corrected chi connectivity index (χ3v) is 3.25. The molecule has 0 aliphatic heterocycles. The number of hydrogen-bond donors (Lipinski definition) is 1. The Hall–Kier alpha value is -1.30. The van der Waals surface area contributed by atoms with E-state index < -0.39 is 0 Å². The first-order valence-electron chi connectivity index (χ1n) is 7.29. The summed E-state index contributed by atoms with van der Waals surface area (Å²) in [6.45, 7) is 4.83. The zero-order valence-corrected chi connectivity index (χ0v) is 13.5. The van der Waals surface area contributed by atoms with Gasteiger partial charge in [-0.3, -0.25) is 0 Å². The number of rotatable bonds is 11. The molecular weight excluding hydrogens is 270 g/mol. The summed E-state index contributed by atoms with van der Waals surface area (Å²) in [4.78, 5) is 0. The monoisotopic (exact) mass is 297 g/mol. The molecule has 120 valence electrons. The summed E-state index contributed by atoms with van der Waals surface area (Å²) in [6.07, 6.45) is 0.842. The molecule has 0 saturated carbocycles. The molecule has 5 heteroatoms. The molecule has 1 aromatic carbocycles. The van der Waals surface area contributed by atoms with Gasteiger partial charge in [0.25, 0.3) is 0 Å². The van der Waals surface area contributed by atoms with Crippen LogP contribution >= 0.6 is 0 Å². The van der Waals surface area contributed by atoms with Gasteiger partial charge in [-0.25, -0.2) is 0 Å². The highest BCUT2D eigenvalue weighted by atomic mass is 16.5. The van der Waals surface area contributed by atoms with E-state index in [0.29, 0.717) is 19.8 Å². The van der Waals surface area contributed by atoms with E-state index in [1.165, 1.54) is 0 Å². The maximum absolute atomic E-state index is 5.57. The lowest BCUT2D eigenvalue weighted by Crippen LogP contribution is -2.23. The third-order valence-electron chi connectivity index (χ3n) is 3.25. The summed E-state index contributed by atoms with van der Waals surface area (Å²) < 4.78 is 21.5. The van der Waals surface area contributed by atoms with Gasteiger partial charge >= 0.3 is 0 Å². The maximum atomic E-state index is 5.57. The average Bonchev–Trinajstić information content (AvgIpc) is 2.52. The van der Waals surface area contributed by atoms with Gasteiger partial charge < -0.3 is 24.3 Å². The van der Waals surface area contributed by atoms with Crippen LogP contribution in [0.5, 0.6) is 11.5 Å². The highest BCUT2D eigenvalue weighted by Crippen LogP contribution is 2.35. The molecule has 0 fully saturated rings. The molecule has 0 spiro atoms. The van der Waals surface area contributed by atoms with Crippen molar-refractivity contribution in [1.82, 2.24) is 5.32 Å². The van der Waals surface area contributed by atoms with E-state index >= 15 is 0 Å². The highest BCUT2D eigenvalue weighted by molar-refractivity contribution is 5.47. The van der Waals surface area contributed by atoms with Crippen LogP contribution in [0.2, 0.25) is 0 Å². The van der Waals surface area contributed by atoms with Crippen molar-refractivity contribution in [1.29, 1.82) is 0 Å². The van der Waals surface area contributed by atoms with Gasteiger partial charge in [-0.2, -0.15) is 0 Å². The van der Waals surface area contributed by atoms with E-state index in [4.69, 9.17) is 18.9 Å². The fourth-order valence-corrected chi connectivity index (χ4v) is 2.26. The van der Waals surface area contributed by atoms with Gasteiger partial charge in [0.05, 0.1) is 33.0 Å². The van der Waals surface area contributed by atoms with Gasteiger partial charge in [0.15, 0.2) is 0 Å². The van der Waals surface area contributed by atoms with Crippen molar-refractivity contribution in [2.45, 2.75) is 19.4 Å². The fourth-order valence-electron chi connectivity index (χ4n) is 2.26. The Balaban J connectivity index is 2.79. The Bertz CT molecular complexity index is 376. The molecule has 0 heterocycles.